The Kier molecular flexibility index (Phi) is 4.41. The number of benzene rings is 1. The fraction of sp³-hybridized carbons (Fsp3) is 0.625. The van der Waals surface area contributed by atoms with E-state index < -0.39 is 0 Å². The zero-order chi connectivity index (χ0) is 13.0. The first-order valence-corrected chi connectivity index (χ1v) is 7.17. The molecule has 0 spiro atoms. The van der Waals surface area contributed by atoms with Crippen LogP contribution in [0, 0.1) is 0 Å². The van der Waals surface area contributed by atoms with Crippen LogP contribution >= 0.6 is 0 Å². The molecule has 18 heavy (non-hydrogen) atoms. The number of aryl methyl sites for hydroxylation is 2. The highest BCUT2D eigenvalue weighted by Crippen LogP contribution is 2.25. The van der Waals surface area contributed by atoms with Crippen molar-refractivity contribution >= 4 is 0 Å². The van der Waals surface area contributed by atoms with E-state index in [9.17, 15) is 0 Å². The lowest BCUT2D eigenvalue weighted by molar-refractivity contribution is -0.0553. The quantitative estimate of drug-likeness (QED) is 0.837. The summed E-state index contributed by atoms with van der Waals surface area (Å²) in [6.45, 7) is 5.59. The van der Waals surface area contributed by atoms with Crippen LogP contribution in [0.2, 0.25) is 0 Å². The normalized spacial score (nSPS) is 14.8. The molecule has 1 aromatic carbocycles. The molecular formula is C16H25NO. The molecule has 2 heteroatoms. The Morgan fingerprint density at radius 1 is 1.17 bits per heavy atom. The molecule has 0 saturated carbocycles. The third-order valence-corrected chi connectivity index (χ3v) is 4.37. The van der Waals surface area contributed by atoms with Gasteiger partial charge in [0.05, 0.1) is 12.2 Å². The standard InChI is InChI=1S/C16H25NO/c1-3-16(4-2,12-17)18-11-13-8-9-14-6-5-7-15(14)10-13/h8-10H,3-7,11-12,17H2,1-2H3. The zero-order valence-electron chi connectivity index (χ0n) is 11.7. The van der Waals surface area contributed by atoms with Crippen molar-refractivity contribution < 1.29 is 4.74 Å². The van der Waals surface area contributed by atoms with E-state index in [-0.39, 0.29) is 5.60 Å². The van der Waals surface area contributed by atoms with Crippen LogP contribution in [0.1, 0.15) is 49.8 Å². The molecule has 1 aromatic rings. The minimum atomic E-state index is -0.140. The first kappa shape index (κ1) is 13.6. The van der Waals surface area contributed by atoms with E-state index in [1.54, 1.807) is 0 Å². The Hall–Kier alpha value is -0.860. The zero-order valence-corrected chi connectivity index (χ0v) is 11.7. The second-order valence-electron chi connectivity index (χ2n) is 5.34. The van der Waals surface area contributed by atoms with Crippen molar-refractivity contribution in [2.24, 2.45) is 5.73 Å². The molecule has 2 N–H and O–H groups in total. The number of hydrogen-bond donors (Lipinski definition) is 1. The van der Waals surface area contributed by atoms with E-state index in [4.69, 9.17) is 10.5 Å². The van der Waals surface area contributed by atoms with Crippen molar-refractivity contribution in [1.29, 1.82) is 0 Å². The molecule has 0 aliphatic heterocycles. The predicted octanol–water partition coefficient (Wildman–Crippen LogP) is 3.21. The molecule has 1 aliphatic rings. The third-order valence-electron chi connectivity index (χ3n) is 4.37. The maximum Gasteiger partial charge on any atom is 0.0803 e. The van der Waals surface area contributed by atoms with Gasteiger partial charge in [-0.25, -0.2) is 0 Å². The summed E-state index contributed by atoms with van der Waals surface area (Å²) in [5.41, 5.74) is 10.0. The van der Waals surface area contributed by atoms with Gasteiger partial charge in [0.1, 0.15) is 0 Å². The van der Waals surface area contributed by atoms with Crippen molar-refractivity contribution in [3.8, 4) is 0 Å². The monoisotopic (exact) mass is 247 g/mol. The average molecular weight is 247 g/mol. The van der Waals surface area contributed by atoms with Gasteiger partial charge in [-0.2, -0.15) is 0 Å². The highest BCUT2D eigenvalue weighted by atomic mass is 16.5. The largest absolute Gasteiger partial charge is 0.369 e. The van der Waals surface area contributed by atoms with Crippen LogP contribution in [-0.2, 0) is 24.2 Å². The highest BCUT2D eigenvalue weighted by Gasteiger charge is 2.25. The molecule has 0 amide bonds. The number of rotatable bonds is 6. The summed E-state index contributed by atoms with van der Waals surface area (Å²) in [4.78, 5) is 0. The van der Waals surface area contributed by atoms with Crippen molar-refractivity contribution in [3.05, 3.63) is 34.9 Å². The lowest BCUT2D eigenvalue weighted by Crippen LogP contribution is -2.39. The average Bonchev–Trinajstić information content (AvgIpc) is 2.88. The molecule has 0 aromatic heterocycles. The second-order valence-corrected chi connectivity index (χ2v) is 5.34. The van der Waals surface area contributed by atoms with Crippen LogP contribution in [0.5, 0.6) is 0 Å². The minimum absolute atomic E-state index is 0.140. The molecule has 0 fully saturated rings. The first-order valence-electron chi connectivity index (χ1n) is 7.17. The summed E-state index contributed by atoms with van der Waals surface area (Å²) < 4.78 is 6.10. The van der Waals surface area contributed by atoms with Gasteiger partial charge in [-0.15, -0.1) is 0 Å². The van der Waals surface area contributed by atoms with E-state index in [1.165, 1.54) is 36.0 Å². The van der Waals surface area contributed by atoms with Crippen LogP contribution < -0.4 is 5.73 Å². The van der Waals surface area contributed by atoms with Gasteiger partial charge < -0.3 is 10.5 Å². The molecule has 0 radical (unpaired) electrons. The van der Waals surface area contributed by atoms with Crippen molar-refractivity contribution in [3.63, 3.8) is 0 Å². The fourth-order valence-corrected chi connectivity index (χ4v) is 2.75. The van der Waals surface area contributed by atoms with Gasteiger partial charge >= 0.3 is 0 Å². The summed E-state index contributed by atoms with van der Waals surface area (Å²) in [5.74, 6) is 0. The van der Waals surface area contributed by atoms with Crippen LogP contribution in [0.4, 0.5) is 0 Å². The molecule has 0 bridgehead atoms. The lowest BCUT2D eigenvalue weighted by Gasteiger charge is -2.30. The van der Waals surface area contributed by atoms with Crippen LogP contribution in [0.3, 0.4) is 0 Å². The summed E-state index contributed by atoms with van der Waals surface area (Å²) in [6, 6.07) is 6.79. The van der Waals surface area contributed by atoms with Crippen molar-refractivity contribution in [2.45, 2.75) is 58.2 Å². The van der Waals surface area contributed by atoms with Gasteiger partial charge in [0, 0.05) is 6.54 Å². The molecule has 1 aliphatic carbocycles. The number of ether oxygens (including phenoxy) is 1. The van der Waals surface area contributed by atoms with Gasteiger partial charge in [0.25, 0.3) is 0 Å². The van der Waals surface area contributed by atoms with Crippen molar-refractivity contribution in [2.75, 3.05) is 6.54 Å². The minimum Gasteiger partial charge on any atom is -0.369 e. The topological polar surface area (TPSA) is 35.2 Å². The molecule has 0 atom stereocenters. The molecular weight excluding hydrogens is 222 g/mol. The summed E-state index contributed by atoms with van der Waals surface area (Å²) in [6.07, 6.45) is 5.73. The molecule has 0 heterocycles. The maximum atomic E-state index is 6.10. The fourth-order valence-electron chi connectivity index (χ4n) is 2.75. The Bertz CT molecular complexity index is 388. The Morgan fingerprint density at radius 3 is 2.56 bits per heavy atom. The molecule has 100 valence electrons. The first-order chi connectivity index (χ1) is 8.73. The van der Waals surface area contributed by atoms with Gasteiger partial charge in [-0.05, 0) is 48.8 Å². The van der Waals surface area contributed by atoms with Gasteiger partial charge in [0.15, 0.2) is 0 Å². The second kappa shape index (κ2) is 5.85. The van der Waals surface area contributed by atoms with E-state index in [1.807, 2.05) is 0 Å². The summed E-state index contributed by atoms with van der Waals surface area (Å²) >= 11 is 0. The van der Waals surface area contributed by atoms with E-state index in [0.717, 1.165) is 12.8 Å². The van der Waals surface area contributed by atoms with E-state index in [0.29, 0.717) is 13.2 Å². The Morgan fingerprint density at radius 2 is 1.89 bits per heavy atom. The van der Waals surface area contributed by atoms with Crippen LogP contribution in [0.25, 0.3) is 0 Å². The van der Waals surface area contributed by atoms with Gasteiger partial charge in [-0.3, -0.25) is 0 Å². The molecule has 2 rings (SSSR count). The number of fused-ring (bicyclic) bond motifs is 1. The third kappa shape index (κ3) is 2.76. The molecule has 2 nitrogen and oxygen atoms in total. The van der Waals surface area contributed by atoms with Gasteiger partial charge in [0.2, 0.25) is 0 Å². The number of nitrogens with two attached hydrogens (primary N) is 1. The lowest BCUT2D eigenvalue weighted by atomic mass is 9.97. The van der Waals surface area contributed by atoms with Crippen LogP contribution in [-0.4, -0.2) is 12.1 Å². The smallest absolute Gasteiger partial charge is 0.0803 e. The van der Waals surface area contributed by atoms with E-state index in [2.05, 4.69) is 32.0 Å². The predicted molar refractivity (Wildman–Crippen MR) is 75.6 cm³/mol. The van der Waals surface area contributed by atoms with Crippen molar-refractivity contribution in [1.82, 2.24) is 0 Å². The van der Waals surface area contributed by atoms with Gasteiger partial charge in [-0.1, -0.05) is 32.0 Å². The Balaban J connectivity index is 2.01. The summed E-state index contributed by atoms with van der Waals surface area (Å²) in [5, 5.41) is 0. The SMILES string of the molecule is CCC(CC)(CN)OCc1ccc2c(c1)CCC2. The summed E-state index contributed by atoms with van der Waals surface area (Å²) in [7, 11) is 0. The number of hydrogen-bond acceptors (Lipinski definition) is 2. The molecule has 0 saturated heterocycles. The van der Waals surface area contributed by atoms with Crippen LogP contribution in [0.15, 0.2) is 18.2 Å². The maximum absolute atomic E-state index is 6.10. The Labute approximate surface area is 111 Å². The van der Waals surface area contributed by atoms with E-state index >= 15 is 0 Å². The highest BCUT2D eigenvalue weighted by molar-refractivity contribution is 5.35. The molecule has 0 unspecified atom stereocenters.